The summed E-state index contributed by atoms with van der Waals surface area (Å²) in [6.45, 7) is 5.98. The molecule has 3 aromatic carbocycles. The number of ether oxygens (including phenoxy) is 1. The molecule has 1 heterocycles. The third-order valence-electron chi connectivity index (χ3n) is 5.31. The Morgan fingerprint density at radius 1 is 0.920 bits per heavy atom. The van der Waals surface area contributed by atoms with Crippen LogP contribution >= 0.6 is 0 Å². The summed E-state index contributed by atoms with van der Waals surface area (Å²) in [6, 6.07) is 21.8. The van der Waals surface area contributed by atoms with Gasteiger partial charge >= 0.3 is 0 Å². The molecule has 0 fully saturated rings. The molecule has 1 aliphatic rings. The lowest BCUT2D eigenvalue weighted by molar-refractivity contribution is 0.210. The van der Waals surface area contributed by atoms with Crippen LogP contribution in [0, 0.1) is 6.92 Å². The summed E-state index contributed by atoms with van der Waals surface area (Å²) in [5, 5.41) is 2.68. The van der Waals surface area contributed by atoms with E-state index < -0.39 is 0 Å². The van der Waals surface area contributed by atoms with E-state index in [2.05, 4.69) is 74.5 Å². The Morgan fingerprint density at radius 2 is 1.68 bits per heavy atom. The van der Waals surface area contributed by atoms with Gasteiger partial charge in [0.2, 0.25) is 0 Å². The van der Waals surface area contributed by atoms with E-state index in [1.54, 1.807) is 0 Å². The molecule has 0 amide bonds. The summed E-state index contributed by atoms with van der Waals surface area (Å²) in [5.74, 6) is 0. The first-order valence-electron chi connectivity index (χ1n) is 9.12. The highest BCUT2D eigenvalue weighted by atomic mass is 16.5. The van der Waals surface area contributed by atoms with Gasteiger partial charge in [0, 0.05) is 0 Å². The van der Waals surface area contributed by atoms with Crippen LogP contribution in [0.15, 0.2) is 66.2 Å². The molecule has 4 rings (SSSR count). The summed E-state index contributed by atoms with van der Waals surface area (Å²) in [4.78, 5) is 0. The summed E-state index contributed by atoms with van der Waals surface area (Å²) in [6.07, 6.45) is 2.03. The van der Waals surface area contributed by atoms with E-state index in [1.165, 1.54) is 44.2 Å². The number of fused-ring (bicyclic) bond motifs is 1. The molecule has 0 unspecified atom stereocenters. The van der Waals surface area contributed by atoms with Gasteiger partial charge in [0.1, 0.15) is 0 Å². The zero-order valence-electron chi connectivity index (χ0n) is 15.0. The van der Waals surface area contributed by atoms with Gasteiger partial charge in [0.15, 0.2) is 0 Å². The third kappa shape index (κ3) is 3.01. The molecule has 1 heteroatoms. The van der Waals surface area contributed by atoms with Crippen LogP contribution in [0.1, 0.15) is 29.2 Å². The van der Waals surface area contributed by atoms with Gasteiger partial charge in [-0.3, -0.25) is 0 Å². The Hall–Kier alpha value is -2.38. The average Bonchev–Trinajstić information content (AvgIpc) is 3.09. The predicted octanol–water partition coefficient (Wildman–Crippen LogP) is 5.74. The smallest absolute Gasteiger partial charge is 0.0727 e. The fourth-order valence-electron chi connectivity index (χ4n) is 3.98. The first-order valence-corrected chi connectivity index (χ1v) is 9.12. The fourth-order valence-corrected chi connectivity index (χ4v) is 3.98. The maximum atomic E-state index is 5.90. The number of rotatable bonds is 4. The Kier molecular flexibility index (Phi) is 4.42. The van der Waals surface area contributed by atoms with Crippen LogP contribution in [0.25, 0.3) is 16.3 Å². The first-order chi connectivity index (χ1) is 12.3. The van der Waals surface area contributed by atoms with Crippen molar-refractivity contribution < 1.29 is 4.74 Å². The Bertz CT molecular complexity index is 935. The van der Waals surface area contributed by atoms with Crippen LogP contribution in [0.4, 0.5) is 0 Å². The van der Waals surface area contributed by atoms with Crippen molar-refractivity contribution in [1.82, 2.24) is 0 Å². The topological polar surface area (TPSA) is 9.23 Å². The van der Waals surface area contributed by atoms with Gasteiger partial charge in [-0.2, -0.15) is 0 Å². The number of aryl methyl sites for hydroxylation is 1. The molecule has 0 N–H and O–H groups in total. The van der Waals surface area contributed by atoms with Crippen molar-refractivity contribution >= 4 is 16.3 Å². The van der Waals surface area contributed by atoms with Crippen LogP contribution in [0.5, 0.6) is 0 Å². The molecule has 25 heavy (non-hydrogen) atoms. The van der Waals surface area contributed by atoms with E-state index in [1.807, 2.05) is 0 Å². The fraction of sp³-hybridized carbons (Fsp3) is 0.250. The Balaban J connectivity index is 1.90. The van der Waals surface area contributed by atoms with E-state index in [0.29, 0.717) is 0 Å². The van der Waals surface area contributed by atoms with E-state index in [4.69, 9.17) is 4.74 Å². The van der Waals surface area contributed by atoms with Gasteiger partial charge in [-0.05, 0) is 63.9 Å². The Morgan fingerprint density at radius 3 is 2.48 bits per heavy atom. The van der Waals surface area contributed by atoms with Crippen LogP contribution < -0.4 is 0 Å². The minimum absolute atomic E-state index is 0.722. The summed E-state index contributed by atoms with van der Waals surface area (Å²) in [5.41, 5.74) is 8.42. The SMILES string of the molecule is CCc1cc2ccccc2c(C2=C(Cc3ccccc3)COC2)c1C. The minimum atomic E-state index is 0.722. The first kappa shape index (κ1) is 16.1. The lowest BCUT2D eigenvalue weighted by atomic mass is 9.87. The molecule has 0 spiro atoms. The van der Waals surface area contributed by atoms with Crippen molar-refractivity contribution in [2.75, 3.05) is 13.2 Å². The van der Waals surface area contributed by atoms with Crippen molar-refractivity contribution in [2.45, 2.75) is 26.7 Å². The van der Waals surface area contributed by atoms with Crippen LogP contribution in [0.3, 0.4) is 0 Å². The normalized spacial score (nSPS) is 14.5. The zero-order valence-corrected chi connectivity index (χ0v) is 15.0. The Labute approximate surface area is 150 Å². The standard InChI is InChI=1S/C24H24O/c1-3-19-14-20-11-7-8-12-22(20)24(17(19)2)23-16-25-15-21(23)13-18-9-5-4-6-10-18/h4-12,14H,3,13,15-16H2,1-2H3. The maximum Gasteiger partial charge on any atom is 0.0727 e. The van der Waals surface area contributed by atoms with Gasteiger partial charge in [0.05, 0.1) is 13.2 Å². The molecule has 0 atom stereocenters. The second kappa shape index (κ2) is 6.85. The summed E-state index contributed by atoms with van der Waals surface area (Å²) in [7, 11) is 0. The molecule has 0 aromatic heterocycles. The number of benzene rings is 3. The molecule has 0 bridgehead atoms. The van der Waals surface area contributed by atoms with E-state index in [0.717, 1.165) is 26.1 Å². The zero-order chi connectivity index (χ0) is 17.2. The van der Waals surface area contributed by atoms with Gasteiger partial charge in [0.25, 0.3) is 0 Å². The van der Waals surface area contributed by atoms with Crippen LogP contribution in [-0.2, 0) is 17.6 Å². The van der Waals surface area contributed by atoms with Crippen molar-refractivity contribution in [3.05, 3.63) is 88.5 Å². The summed E-state index contributed by atoms with van der Waals surface area (Å²) < 4.78 is 5.90. The van der Waals surface area contributed by atoms with Crippen LogP contribution in [-0.4, -0.2) is 13.2 Å². The third-order valence-corrected chi connectivity index (χ3v) is 5.31. The highest BCUT2D eigenvalue weighted by molar-refractivity contribution is 5.97. The van der Waals surface area contributed by atoms with Gasteiger partial charge < -0.3 is 4.74 Å². The van der Waals surface area contributed by atoms with Gasteiger partial charge in [-0.15, -0.1) is 0 Å². The highest BCUT2D eigenvalue weighted by Crippen LogP contribution is 2.36. The predicted molar refractivity (Wildman–Crippen MR) is 106 cm³/mol. The van der Waals surface area contributed by atoms with Crippen molar-refractivity contribution in [2.24, 2.45) is 0 Å². The van der Waals surface area contributed by atoms with Crippen molar-refractivity contribution in [3.63, 3.8) is 0 Å². The maximum absolute atomic E-state index is 5.90. The second-order valence-corrected chi connectivity index (χ2v) is 6.85. The molecule has 0 aliphatic carbocycles. The van der Waals surface area contributed by atoms with Crippen molar-refractivity contribution in [1.29, 1.82) is 0 Å². The largest absolute Gasteiger partial charge is 0.372 e. The lowest BCUT2D eigenvalue weighted by Gasteiger charge is -2.17. The molecule has 0 saturated carbocycles. The molecule has 0 saturated heterocycles. The molecule has 1 nitrogen and oxygen atoms in total. The number of hydrogen-bond acceptors (Lipinski definition) is 1. The van der Waals surface area contributed by atoms with Gasteiger partial charge in [-0.25, -0.2) is 0 Å². The molecular formula is C24H24O. The highest BCUT2D eigenvalue weighted by Gasteiger charge is 2.21. The summed E-state index contributed by atoms with van der Waals surface area (Å²) >= 11 is 0. The molecular weight excluding hydrogens is 304 g/mol. The van der Waals surface area contributed by atoms with E-state index in [9.17, 15) is 0 Å². The molecule has 3 aromatic rings. The van der Waals surface area contributed by atoms with Gasteiger partial charge in [-0.1, -0.05) is 67.6 Å². The van der Waals surface area contributed by atoms with Crippen molar-refractivity contribution in [3.8, 4) is 0 Å². The van der Waals surface area contributed by atoms with Crippen LogP contribution in [0.2, 0.25) is 0 Å². The second-order valence-electron chi connectivity index (χ2n) is 6.85. The average molecular weight is 328 g/mol. The monoisotopic (exact) mass is 328 g/mol. The molecule has 1 aliphatic heterocycles. The van der Waals surface area contributed by atoms with E-state index in [-0.39, 0.29) is 0 Å². The van der Waals surface area contributed by atoms with E-state index >= 15 is 0 Å². The lowest BCUT2D eigenvalue weighted by Crippen LogP contribution is -2.00. The molecule has 0 radical (unpaired) electrons. The molecule has 126 valence electrons. The number of hydrogen-bond donors (Lipinski definition) is 0. The minimum Gasteiger partial charge on any atom is -0.372 e. The quantitative estimate of drug-likeness (QED) is 0.593.